The molecular formula is C21H23N3O2S. The second-order valence-electron chi connectivity index (χ2n) is 7.00. The van der Waals surface area contributed by atoms with Crippen LogP contribution in [0.5, 0.6) is 0 Å². The lowest BCUT2D eigenvalue weighted by Gasteiger charge is -2.14. The lowest BCUT2D eigenvalue weighted by atomic mass is 10.1. The average molecular weight is 382 g/mol. The molecular weight excluding hydrogens is 358 g/mol. The number of carbonyl (C=O) groups excluding carboxylic acids is 1. The molecule has 1 fully saturated rings. The summed E-state index contributed by atoms with van der Waals surface area (Å²) in [5.41, 5.74) is 3.64. The summed E-state index contributed by atoms with van der Waals surface area (Å²) < 4.78 is 5.57. The molecule has 2 aromatic heterocycles. The van der Waals surface area contributed by atoms with E-state index >= 15 is 0 Å². The van der Waals surface area contributed by atoms with Crippen LogP contribution < -0.4 is 5.32 Å². The van der Waals surface area contributed by atoms with Gasteiger partial charge in [0.2, 0.25) is 0 Å². The summed E-state index contributed by atoms with van der Waals surface area (Å²) in [6, 6.07) is 9.83. The highest BCUT2D eigenvalue weighted by molar-refractivity contribution is 7.14. The molecule has 0 atom stereocenters. The summed E-state index contributed by atoms with van der Waals surface area (Å²) in [5, 5.41) is 5.46. The molecule has 0 aliphatic carbocycles. The van der Waals surface area contributed by atoms with Crippen molar-refractivity contribution in [3.8, 4) is 11.3 Å². The van der Waals surface area contributed by atoms with Gasteiger partial charge in [0.25, 0.3) is 5.91 Å². The van der Waals surface area contributed by atoms with Gasteiger partial charge in [0.1, 0.15) is 11.5 Å². The van der Waals surface area contributed by atoms with Gasteiger partial charge in [-0.25, -0.2) is 4.98 Å². The fourth-order valence-corrected chi connectivity index (χ4v) is 4.22. The van der Waals surface area contributed by atoms with Crippen molar-refractivity contribution >= 4 is 22.4 Å². The van der Waals surface area contributed by atoms with E-state index in [2.05, 4.69) is 21.3 Å². The number of anilines is 1. The monoisotopic (exact) mass is 381 g/mol. The first-order valence-electron chi connectivity index (χ1n) is 9.24. The fraction of sp³-hybridized carbons (Fsp3) is 0.333. The summed E-state index contributed by atoms with van der Waals surface area (Å²) in [6.45, 7) is 7.03. The Balaban J connectivity index is 1.45. The van der Waals surface area contributed by atoms with Gasteiger partial charge in [0, 0.05) is 23.1 Å². The van der Waals surface area contributed by atoms with Gasteiger partial charge in [-0.3, -0.25) is 15.0 Å². The molecule has 0 bridgehead atoms. The van der Waals surface area contributed by atoms with Crippen molar-refractivity contribution in [1.29, 1.82) is 0 Å². The van der Waals surface area contributed by atoms with Gasteiger partial charge in [-0.05, 0) is 63.5 Å². The van der Waals surface area contributed by atoms with Gasteiger partial charge < -0.3 is 4.42 Å². The van der Waals surface area contributed by atoms with E-state index in [4.69, 9.17) is 4.42 Å². The summed E-state index contributed by atoms with van der Waals surface area (Å²) >= 11 is 1.42. The van der Waals surface area contributed by atoms with E-state index in [0.717, 1.165) is 42.4 Å². The van der Waals surface area contributed by atoms with Crippen molar-refractivity contribution in [2.24, 2.45) is 0 Å². The third kappa shape index (κ3) is 4.12. The number of aromatic nitrogens is 1. The Hall–Kier alpha value is -2.44. The molecule has 0 saturated carbocycles. The first-order chi connectivity index (χ1) is 13.1. The number of nitrogens with one attached hydrogen (secondary N) is 1. The Morgan fingerprint density at radius 2 is 2.07 bits per heavy atom. The number of rotatable bonds is 5. The molecule has 27 heavy (non-hydrogen) atoms. The molecule has 1 amide bonds. The maximum absolute atomic E-state index is 12.6. The molecule has 0 spiro atoms. The second kappa shape index (κ2) is 7.66. The number of hydrogen-bond acceptors (Lipinski definition) is 5. The molecule has 1 N–H and O–H groups in total. The smallest absolute Gasteiger partial charge is 0.257 e. The highest BCUT2D eigenvalue weighted by Crippen LogP contribution is 2.29. The minimum Gasteiger partial charge on any atom is -0.466 e. The number of aryl methyl sites for hydroxylation is 2. The molecule has 1 saturated heterocycles. The van der Waals surface area contributed by atoms with E-state index < -0.39 is 0 Å². The second-order valence-corrected chi connectivity index (χ2v) is 7.86. The van der Waals surface area contributed by atoms with Crippen LogP contribution in [0, 0.1) is 13.8 Å². The van der Waals surface area contributed by atoms with E-state index in [-0.39, 0.29) is 5.91 Å². The van der Waals surface area contributed by atoms with E-state index in [1.54, 1.807) is 0 Å². The normalized spacial score (nSPS) is 14.6. The van der Waals surface area contributed by atoms with Crippen molar-refractivity contribution in [1.82, 2.24) is 9.88 Å². The minimum absolute atomic E-state index is 0.126. The number of likely N-dealkylation sites (tertiary alicyclic amines) is 1. The largest absolute Gasteiger partial charge is 0.466 e. The van der Waals surface area contributed by atoms with Crippen LogP contribution in [0.15, 0.2) is 40.1 Å². The number of furan rings is 1. The maximum Gasteiger partial charge on any atom is 0.257 e. The number of benzene rings is 1. The van der Waals surface area contributed by atoms with E-state index in [9.17, 15) is 4.79 Å². The zero-order valence-electron chi connectivity index (χ0n) is 15.6. The van der Waals surface area contributed by atoms with E-state index in [1.165, 1.54) is 29.7 Å². The highest BCUT2D eigenvalue weighted by atomic mass is 32.1. The summed E-state index contributed by atoms with van der Waals surface area (Å²) in [4.78, 5) is 19.6. The number of hydrogen-bond donors (Lipinski definition) is 1. The molecule has 4 rings (SSSR count). The first kappa shape index (κ1) is 17.9. The van der Waals surface area contributed by atoms with Gasteiger partial charge in [-0.1, -0.05) is 12.1 Å². The Bertz CT molecular complexity index is 954. The lowest BCUT2D eigenvalue weighted by molar-refractivity contribution is 0.102. The molecule has 140 valence electrons. The molecule has 5 nitrogen and oxygen atoms in total. The van der Waals surface area contributed by atoms with Crippen LogP contribution in [-0.4, -0.2) is 28.9 Å². The molecule has 3 heterocycles. The zero-order valence-corrected chi connectivity index (χ0v) is 16.4. The number of amides is 1. The van der Waals surface area contributed by atoms with Crippen molar-refractivity contribution in [2.45, 2.75) is 33.2 Å². The third-order valence-corrected chi connectivity index (χ3v) is 5.59. The van der Waals surface area contributed by atoms with Crippen LogP contribution in [0.2, 0.25) is 0 Å². The van der Waals surface area contributed by atoms with Gasteiger partial charge in [-0.2, -0.15) is 0 Å². The van der Waals surface area contributed by atoms with E-state index in [0.29, 0.717) is 10.7 Å². The maximum atomic E-state index is 12.6. The Morgan fingerprint density at radius 1 is 1.26 bits per heavy atom. The van der Waals surface area contributed by atoms with Crippen LogP contribution in [-0.2, 0) is 6.54 Å². The van der Waals surface area contributed by atoms with Crippen LogP contribution >= 0.6 is 11.3 Å². The molecule has 6 heteroatoms. The van der Waals surface area contributed by atoms with Crippen molar-refractivity contribution in [3.05, 3.63) is 58.4 Å². The highest BCUT2D eigenvalue weighted by Gasteiger charge is 2.15. The third-order valence-electron chi connectivity index (χ3n) is 4.84. The quantitative estimate of drug-likeness (QED) is 0.685. The Kier molecular flexibility index (Phi) is 5.09. The van der Waals surface area contributed by atoms with Crippen LogP contribution in [0.25, 0.3) is 11.3 Å². The molecule has 0 unspecified atom stereocenters. The van der Waals surface area contributed by atoms with Gasteiger partial charge in [0.15, 0.2) is 5.13 Å². The van der Waals surface area contributed by atoms with Gasteiger partial charge in [-0.15, -0.1) is 11.3 Å². The van der Waals surface area contributed by atoms with Gasteiger partial charge in [0.05, 0.1) is 5.69 Å². The fourth-order valence-electron chi connectivity index (χ4n) is 3.52. The Labute approximate surface area is 163 Å². The predicted molar refractivity (Wildman–Crippen MR) is 108 cm³/mol. The standard InChI is InChI=1S/C21H23N3O2S/c1-14-10-18(15(2)26-14)19-13-27-21(22-19)23-20(25)17-7-5-6-16(11-17)12-24-8-3-4-9-24/h5-7,10-11,13H,3-4,8-9,12H2,1-2H3,(H,22,23,25). The van der Waals surface area contributed by atoms with Crippen molar-refractivity contribution in [3.63, 3.8) is 0 Å². The first-order valence-corrected chi connectivity index (χ1v) is 10.1. The summed E-state index contributed by atoms with van der Waals surface area (Å²) in [6.07, 6.45) is 2.53. The van der Waals surface area contributed by atoms with Gasteiger partial charge >= 0.3 is 0 Å². The lowest BCUT2D eigenvalue weighted by Crippen LogP contribution is -2.19. The number of thiazole rings is 1. The molecule has 3 aromatic rings. The minimum atomic E-state index is -0.126. The number of nitrogens with zero attached hydrogens (tertiary/aromatic N) is 2. The molecule has 1 aromatic carbocycles. The topological polar surface area (TPSA) is 58.4 Å². The van der Waals surface area contributed by atoms with Crippen molar-refractivity contribution in [2.75, 3.05) is 18.4 Å². The van der Waals surface area contributed by atoms with E-state index in [1.807, 2.05) is 43.5 Å². The summed E-state index contributed by atoms with van der Waals surface area (Å²) in [7, 11) is 0. The van der Waals surface area contributed by atoms with Crippen LogP contribution in [0.1, 0.15) is 40.3 Å². The van der Waals surface area contributed by atoms with Crippen LogP contribution in [0.3, 0.4) is 0 Å². The van der Waals surface area contributed by atoms with Crippen molar-refractivity contribution < 1.29 is 9.21 Å². The summed E-state index contributed by atoms with van der Waals surface area (Å²) in [5.74, 6) is 1.57. The van der Waals surface area contributed by atoms with Crippen LogP contribution in [0.4, 0.5) is 5.13 Å². The zero-order chi connectivity index (χ0) is 18.8. The predicted octanol–water partition coefficient (Wildman–Crippen LogP) is 4.87. The Morgan fingerprint density at radius 3 is 2.81 bits per heavy atom. The SMILES string of the molecule is Cc1cc(-c2csc(NC(=O)c3cccc(CN4CCCC4)c3)n2)c(C)o1. The molecule has 0 radical (unpaired) electrons. The number of carbonyl (C=O) groups is 1. The molecule has 1 aliphatic rings. The molecule has 1 aliphatic heterocycles. The average Bonchev–Trinajstić information content (AvgIpc) is 3.37.